The number of carbonyl (C=O) groups is 2. The summed E-state index contributed by atoms with van der Waals surface area (Å²) in [5, 5.41) is -0.148. The number of amides is 1. The molecular formula is C19H17F3N2O2S. The second-order valence-electron chi connectivity index (χ2n) is 6.27. The monoisotopic (exact) mass is 394 g/mol. The van der Waals surface area contributed by atoms with Crippen molar-refractivity contribution in [1.82, 2.24) is 4.98 Å². The highest BCUT2D eigenvalue weighted by Gasteiger charge is 2.31. The van der Waals surface area contributed by atoms with E-state index in [1.807, 2.05) is 0 Å². The topological polar surface area (TPSA) is 50.3 Å². The maximum absolute atomic E-state index is 12.7. The molecule has 1 aliphatic heterocycles. The molecule has 1 atom stereocenters. The Kier molecular flexibility index (Phi) is 5.28. The molecule has 27 heavy (non-hydrogen) atoms. The molecule has 142 valence electrons. The predicted octanol–water partition coefficient (Wildman–Crippen LogP) is 4.37. The van der Waals surface area contributed by atoms with Crippen LogP contribution in [0.15, 0.2) is 41.6 Å². The zero-order chi connectivity index (χ0) is 19.8. The third-order valence-corrected chi connectivity index (χ3v) is 5.42. The molecule has 0 aliphatic carbocycles. The van der Waals surface area contributed by atoms with Gasteiger partial charge in [0.25, 0.3) is 0 Å². The molecule has 1 aromatic heterocycles. The lowest BCUT2D eigenvalue weighted by Crippen LogP contribution is -2.25. The number of benzene rings is 1. The van der Waals surface area contributed by atoms with Crippen LogP contribution in [0.3, 0.4) is 0 Å². The highest BCUT2D eigenvalue weighted by molar-refractivity contribution is 8.00. The van der Waals surface area contributed by atoms with Crippen molar-refractivity contribution in [3.8, 4) is 0 Å². The number of thioether (sulfide) groups is 1. The van der Waals surface area contributed by atoms with E-state index in [4.69, 9.17) is 0 Å². The van der Waals surface area contributed by atoms with Crippen molar-refractivity contribution >= 4 is 29.1 Å². The van der Waals surface area contributed by atoms with Crippen LogP contribution in [-0.4, -0.2) is 28.5 Å². The lowest BCUT2D eigenvalue weighted by atomic mass is 10.0. The van der Waals surface area contributed by atoms with Gasteiger partial charge in [-0.25, -0.2) is 4.98 Å². The maximum Gasteiger partial charge on any atom is 0.417 e. The summed E-state index contributed by atoms with van der Waals surface area (Å²) in [6.45, 7) is 3.80. The molecule has 1 aliphatic rings. The molecule has 0 bridgehead atoms. The van der Waals surface area contributed by atoms with Crippen molar-refractivity contribution in [3.05, 3.63) is 53.2 Å². The predicted molar refractivity (Wildman–Crippen MR) is 97.1 cm³/mol. The molecule has 2 aromatic rings. The Labute approximate surface area is 158 Å². The fourth-order valence-electron chi connectivity index (χ4n) is 2.97. The summed E-state index contributed by atoms with van der Waals surface area (Å²) < 4.78 is 37.8. The minimum absolute atomic E-state index is 0.0369. The van der Waals surface area contributed by atoms with Gasteiger partial charge in [-0.15, -0.1) is 0 Å². The molecule has 1 aromatic carbocycles. The van der Waals surface area contributed by atoms with Gasteiger partial charge in [-0.1, -0.05) is 11.8 Å². The first kappa shape index (κ1) is 19.4. The smallest absolute Gasteiger partial charge is 0.312 e. The van der Waals surface area contributed by atoms with Crippen LogP contribution >= 0.6 is 11.8 Å². The van der Waals surface area contributed by atoms with E-state index in [-0.39, 0.29) is 11.7 Å². The van der Waals surface area contributed by atoms with Gasteiger partial charge >= 0.3 is 6.18 Å². The largest absolute Gasteiger partial charge is 0.417 e. The zero-order valence-electron chi connectivity index (χ0n) is 14.7. The molecule has 0 saturated carbocycles. The molecule has 0 spiro atoms. The number of Topliss-reactive ketones (excluding diaryl/α,β-unsaturated/α-hetero) is 1. The van der Waals surface area contributed by atoms with Crippen LogP contribution in [0.25, 0.3) is 0 Å². The van der Waals surface area contributed by atoms with E-state index in [2.05, 4.69) is 4.98 Å². The van der Waals surface area contributed by atoms with Crippen LogP contribution in [0.1, 0.15) is 35.3 Å². The first-order valence-corrected chi connectivity index (χ1v) is 9.20. The lowest BCUT2D eigenvalue weighted by Gasteiger charge is -2.15. The molecular weight excluding hydrogens is 377 g/mol. The number of pyridine rings is 1. The van der Waals surface area contributed by atoms with Crippen LogP contribution in [0.5, 0.6) is 0 Å². The van der Waals surface area contributed by atoms with Gasteiger partial charge in [-0.2, -0.15) is 13.2 Å². The van der Waals surface area contributed by atoms with Gasteiger partial charge in [0.15, 0.2) is 5.78 Å². The van der Waals surface area contributed by atoms with Crippen LogP contribution in [0.4, 0.5) is 18.9 Å². The summed E-state index contributed by atoms with van der Waals surface area (Å²) in [6, 6.07) is 7.46. The number of hydrogen-bond donors (Lipinski definition) is 0. The van der Waals surface area contributed by atoms with Crippen molar-refractivity contribution < 1.29 is 22.8 Å². The third kappa shape index (κ3) is 4.16. The van der Waals surface area contributed by atoms with E-state index < -0.39 is 17.0 Å². The molecule has 0 N–H and O–H groups in total. The van der Waals surface area contributed by atoms with E-state index in [1.54, 1.807) is 30.0 Å². The van der Waals surface area contributed by atoms with Gasteiger partial charge in [0.2, 0.25) is 5.91 Å². The summed E-state index contributed by atoms with van der Waals surface area (Å²) in [5.74, 6) is -0.170. The number of nitrogens with zero attached hydrogens (tertiary/aromatic N) is 2. The fourth-order valence-corrected chi connectivity index (χ4v) is 3.83. The maximum atomic E-state index is 12.7. The van der Waals surface area contributed by atoms with Crippen molar-refractivity contribution in [2.75, 3.05) is 11.4 Å². The van der Waals surface area contributed by atoms with E-state index in [9.17, 15) is 22.8 Å². The van der Waals surface area contributed by atoms with Gasteiger partial charge in [-0.3, -0.25) is 9.59 Å². The summed E-state index contributed by atoms with van der Waals surface area (Å²) >= 11 is 1.11. The van der Waals surface area contributed by atoms with Crippen molar-refractivity contribution in [3.63, 3.8) is 0 Å². The molecule has 0 unspecified atom stereocenters. The standard InChI is InChI=1S/C19H17F3N2O2S/c1-11(27-17-6-4-15(10-23-17)19(20,21)22)18(26)14-3-5-16-13(9-14)7-8-24(16)12(2)25/h3-6,9-11H,7-8H2,1-2H3/t11-/m1/s1. The lowest BCUT2D eigenvalue weighted by molar-refractivity contribution is -0.137. The average Bonchev–Trinajstić information content (AvgIpc) is 3.04. The van der Waals surface area contributed by atoms with Gasteiger partial charge < -0.3 is 4.90 Å². The Hall–Kier alpha value is -2.35. The number of aromatic nitrogens is 1. The van der Waals surface area contributed by atoms with Crippen molar-refractivity contribution in [2.45, 2.75) is 36.7 Å². The van der Waals surface area contributed by atoms with Crippen LogP contribution in [0, 0.1) is 0 Å². The number of carbonyl (C=O) groups excluding carboxylic acids is 2. The number of rotatable bonds is 4. The molecule has 4 nitrogen and oxygen atoms in total. The van der Waals surface area contributed by atoms with Gasteiger partial charge in [0, 0.05) is 30.9 Å². The van der Waals surface area contributed by atoms with Crippen LogP contribution in [-0.2, 0) is 17.4 Å². The molecule has 1 amide bonds. The Morgan fingerprint density at radius 3 is 2.56 bits per heavy atom. The Bertz CT molecular complexity index is 882. The minimum atomic E-state index is -4.43. The Balaban J connectivity index is 1.72. The zero-order valence-corrected chi connectivity index (χ0v) is 15.5. The average molecular weight is 394 g/mol. The first-order chi connectivity index (χ1) is 12.7. The number of halogens is 3. The summed E-state index contributed by atoms with van der Waals surface area (Å²) in [7, 11) is 0. The van der Waals surface area contributed by atoms with Gasteiger partial charge in [-0.05, 0) is 49.2 Å². The molecule has 0 saturated heterocycles. The highest BCUT2D eigenvalue weighted by Crippen LogP contribution is 2.32. The SMILES string of the molecule is CC(=O)N1CCc2cc(C(=O)[C@@H](C)Sc3ccc(C(F)(F)F)cn3)ccc21. The number of ketones is 1. The van der Waals surface area contributed by atoms with Crippen LogP contribution < -0.4 is 4.90 Å². The minimum Gasteiger partial charge on any atom is -0.312 e. The number of hydrogen-bond acceptors (Lipinski definition) is 4. The van der Waals surface area contributed by atoms with Crippen molar-refractivity contribution in [2.24, 2.45) is 0 Å². The van der Waals surface area contributed by atoms with Gasteiger partial charge in [0.05, 0.1) is 15.8 Å². The van der Waals surface area contributed by atoms with E-state index in [0.29, 0.717) is 23.6 Å². The molecule has 0 fully saturated rings. The summed E-state index contributed by atoms with van der Waals surface area (Å²) in [6.07, 6.45) is -2.97. The quantitative estimate of drug-likeness (QED) is 0.571. The fraction of sp³-hybridized carbons (Fsp3) is 0.316. The highest BCUT2D eigenvalue weighted by atomic mass is 32.2. The van der Waals surface area contributed by atoms with E-state index in [0.717, 1.165) is 35.3 Å². The molecule has 8 heteroatoms. The molecule has 3 rings (SSSR count). The van der Waals surface area contributed by atoms with Crippen LogP contribution in [0.2, 0.25) is 0 Å². The number of fused-ring (bicyclic) bond motifs is 1. The Morgan fingerprint density at radius 2 is 1.96 bits per heavy atom. The Morgan fingerprint density at radius 1 is 1.22 bits per heavy atom. The van der Waals surface area contributed by atoms with E-state index in [1.165, 1.54) is 13.0 Å². The number of alkyl halides is 3. The second kappa shape index (κ2) is 7.34. The molecule has 0 radical (unpaired) electrons. The molecule has 2 heterocycles. The first-order valence-electron chi connectivity index (χ1n) is 8.32. The normalized spacial score (nSPS) is 14.8. The number of anilines is 1. The summed E-state index contributed by atoms with van der Waals surface area (Å²) in [4.78, 5) is 29.8. The second-order valence-corrected chi connectivity index (χ2v) is 7.63. The summed E-state index contributed by atoms with van der Waals surface area (Å²) in [5.41, 5.74) is 1.47. The third-order valence-electron chi connectivity index (χ3n) is 4.37. The van der Waals surface area contributed by atoms with Crippen molar-refractivity contribution in [1.29, 1.82) is 0 Å². The van der Waals surface area contributed by atoms with Gasteiger partial charge in [0.1, 0.15) is 0 Å². The van der Waals surface area contributed by atoms with E-state index >= 15 is 0 Å².